The smallest absolute Gasteiger partial charge is 0.155 e. The van der Waals surface area contributed by atoms with Crippen LogP contribution in [-0.2, 0) is 9.47 Å². The number of hydrogen-bond acceptors (Lipinski definition) is 5. The number of nitriles is 1. The third-order valence-electron chi connectivity index (χ3n) is 2.21. The summed E-state index contributed by atoms with van der Waals surface area (Å²) < 4.78 is 16.1. The van der Waals surface area contributed by atoms with E-state index in [-0.39, 0.29) is 6.10 Å². The molecule has 0 amide bonds. The van der Waals surface area contributed by atoms with Gasteiger partial charge >= 0.3 is 0 Å². The van der Waals surface area contributed by atoms with Crippen molar-refractivity contribution < 1.29 is 14.2 Å². The molecular formula is C11H12N2O3. The summed E-state index contributed by atoms with van der Waals surface area (Å²) >= 11 is 0. The minimum absolute atomic E-state index is 0.0690. The number of nitrogens with zero attached hydrogens (tertiary/aromatic N) is 2. The molecule has 1 saturated heterocycles. The summed E-state index contributed by atoms with van der Waals surface area (Å²) in [5, 5.41) is 8.84. The summed E-state index contributed by atoms with van der Waals surface area (Å²) in [4.78, 5) is 3.91. The van der Waals surface area contributed by atoms with E-state index in [0.717, 1.165) is 0 Å². The van der Waals surface area contributed by atoms with Gasteiger partial charge in [-0.3, -0.25) is 4.98 Å². The van der Waals surface area contributed by atoms with Crippen LogP contribution in [0.5, 0.6) is 5.75 Å². The first-order valence-corrected chi connectivity index (χ1v) is 5.06. The number of rotatable bonds is 3. The molecule has 5 nitrogen and oxygen atoms in total. The lowest BCUT2D eigenvalue weighted by Gasteiger charge is -2.22. The third kappa shape index (κ3) is 2.69. The summed E-state index contributed by atoms with van der Waals surface area (Å²) in [6, 6.07) is 3.66. The summed E-state index contributed by atoms with van der Waals surface area (Å²) in [5.74, 6) is 0.485. The normalized spacial score (nSPS) is 20.1. The summed E-state index contributed by atoms with van der Waals surface area (Å²) in [6.45, 7) is 2.13. The average Bonchev–Trinajstić information content (AvgIpc) is 2.38. The maximum atomic E-state index is 8.84. The molecule has 2 heterocycles. The monoisotopic (exact) mass is 220 g/mol. The van der Waals surface area contributed by atoms with E-state index in [1.165, 1.54) is 6.20 Å². The Balaban J connectivity index is 1.91. The van der Waals surface area contributed by atoms with Crippen molar-refractivity contribution in [2.45, 2.75) is 6.10 Å². The highest BCUT2D eigenvalue weighted by atomic mass is 16.6. The first-order chi connectivity index (χ1) is 7.90. The van der Waals surface area contributed by atoms with E-state index < -0.39 is 0 Å². The molecule has 16 heavy (non-hydrogen) atoms. The minimum Gasteiger partial charge on any atom is -0.488 e. The van der Waals surface area contributed by atoms with E-state index in [9.17, 15) is 0 Å². The van der Waals surface area contributed by atoms with E-state index in [0.29, 0.717) is 37.7 Å². The topological polar surface area (TPSA) is 64.4 Å². The molecule has 1 atom stereocenters. The zero-order chi connectivity index (χ0) is 11.2. The van der Waals surface area contributed by atoms with Crippen molar-refractivity contribution in [3.63, 3.8) is 0 Å². The van der Waals surface area contributed by atoms with Gasteiger partial charge in [-0.2, -0.15) is 5.26 Å². The molecule has 1 fully saturated rings. The van der Waals surface area contributed by atoms with E-state index in [2.05, 4.69) is 4.98 Å². The molecule has 0 spiro atoms. The fraction of sp³-hybridized carbons (Fsp3) is 0.455. The van der Waals surface area contributed by atoms with Crippen molar-refractivity contribution in [3.8, 4) is 11.8 Å². The van der Waals surface area contributed by atoms with Gasteiger partial charge in [0, 0.05) is 6.20 Å². The lowest BCUT2D eigenvalue weighted by Crippen LogP contribution is -2.33. The van der Waals surface area contributed by atoms with Crippen molar-refractivity contribution >= 4 is 0 Å². The zero-order valence-electron chi connectivity index (χ0n) is 8.76. The lowest BCUT2D eigenvalue weighted by molar-refractivity contribution is -0.101. The highest BCUT2D eigenvalue weighted by Crippen LogP contribution is 2.15. The lowest BCUT2D eigenvalue weighted by atomic mass is 10.3. The number of ether oxygens (including phenoxy) is 3. The first-order valence-electron chi connectivity index (χ1n) is 5.06. The van der Waals surface area contributed by atoms with Crippen LogP contribution in [0.2, 0.25) is 0 Å². The predicted molar refractivity (Wildman–Crippen MR) is 55.0 cm³/mol. The Morgan fingerprint density at radius 1 is 1.56 bits per heavy atom. The fourth-order valence-corrected chi connectivity index (χ4v) is 1.40. The third-order valence-corrected chi connectivity index (χ3v) is 2.21. The maximum absolute atomic E-state index is 8.84. The van der Waals surface area contributed by atoms with Crippen LogP contribution in [0.1, 0.15) is 5.56 Å². The molecule has 0 aliphatic carbocycles. The summed E-state index contributed by atoms with van der Waals surface area (Å²) in [5.41, 5.74) is 0.478. The van der Waals surface area contributed by atoms with E-state index >= 15 is 0 Å². The van der Waals surface area contributed by atoms with Crippen molar-refractivity contribution in [2.24, 2.45) is 0 Å². The van der Waals surface area contributed by atoms with Crippen LogP contribution < -0.4 is 4.74 Å². The second-order valence-corrected chi connectivity index (χ2v) is 3.36. The van der Waals surface area contributed by atoms with Crippen LogP contribution in [0.25, 0.3) is 0 Å². The molecule has 84 valence electrons. The minimum atomic E-state index is -0.0690. The molecule has 0 saturated carbocycles. The molecule has 1 unspecified atom stereocenters. The molecule has 0 N–H and O–H groups in total. The van der Waals surface area contributed by atoms with Crippen LogP contribution in [-0.4, -0.2) is 37.5 Å². The van der Waals surface area contributed by atoms with Gasteiger partial charge in [-0.25, -0.2) is 0 Å². The Hall–Kier alpha value is -1.64. The van der Waals surface area contributed by atoms with Crippen molar-refractivity contribution in [2.75, 3.05) is 26.4 Å². The van der Waals surface area contributed by atoms with Crippen molar-refractivity contribution in [1.29, 1.82) is 5.26 Å². The van der Waals surface area contributed by atoms with Crippen LogP contribution >= 0.6 is 0 Å². The zero-order valence-corrected chi connectivity index (χ0v) is 8.76. The van der Waals surface area contributed by atoms with Gasteiger partial charge in [0.25, 0.3) is 0 Å². The largest absolute Gasteiger partial charge is 0.488 e. The second-order valence-electron chi connectivity index (χ2n) is 3.36. The first kappa shape index (κ1) is 10.9. The van der Waals surface area contributed by atoms with E-state index in [1.54, 1.807) is 12.3 Å². The Morgan fingerprint density at radius 3 is 3.25 bits per heavy atom. The fourth-order valence-electron chi connectivity index (χ4n) is 1.40. The highest BCUT2D eigenvalue weighted by Gasteiger charge is 2.15. The average molecular weight is 220 g/mol. The molecule has 1 aromatic heterocycles. The Bertz CT molecular complexity index is 383. The van der Waals surface area contributed by atoms with Gasteiger partial charge in [0.1, 0.15) is 18.8 Å². The van der Waals surface area contributed by atoms with Crippen LogP contribution in [0.15, 0.2) is 18.5 Å². The highest BCUT2D eigenvalue weighted by molar-refractivity contribution is 5.40. The van der Waals surface area contributed by atoms with Crippen molar-refractivity contribution in [3.05, 3.63) is 24.0 Å². The van der Waals surface area contributed by atoms with Gasteiger partial charge in [-0.1, -0.05) is 0 Å². The molecule has 1 aromatic rings. The van der Waals surface area contributed by atoms with E-state index in [1.807, 2.05) is 6.07 Å². The molecule has 0 bridgehead atoms. The quantitative estimate of drug-likeness (QED) is 0.752. The molecule has 1 aliphatic heterocycles. The van der Waals surface area contributed by atoms with Crippen LogP contribution in [0.3, 0.4) is 0 Å². The summed E-state index contributed by atoms with van der Waals surface area (Å²) in [7, 11) is 0. The Labute approximate surface area is 93.6 Å². The Morgan fingerprint density at radius 2 is 2.50 bits per heavy atom. The van der Waals surface area contributed by atoms with Gasteiger partial charge in [-0.15, -0.1) is 0 Å². The molecule has 0 aromatic carbocycles. The molecular weight excluding hydrogens is 208 g/mol. The van der Waals surface area contributed by atoms with Gasteiger partial charge < -0.3 is 14.2 Å². The summed E-state index contributed by atoms with van der Waals surface area (Å²) in [6.07, 6.45) is 3.02. The molecule has 0 radical (unpaired) electrons. The van der Waals surface area contributed by atoms with Gasteiger partial charge in [0.15, 0.2) is 5.75 Å². The number of pyridine rings is 1. The Kier molecular flexibility index (Phi) is 3.70. The number of aromatic nitrogens is 1. The molecule has 5 heteroatoms. The SMILES string of the molecule is N#Cc1ccncc1OCC1COCCO1. The van der Waals surface area contributed by atoms with Crippen LogP contribution in [0, 0.1) is 11.3 Å². The van der Waals surface area contributed by atoms with Gasteiger partial charge in [0.2, 0.25) is 0 Å². The second kappa shape index (κ2) is 5.45. The van der Waals surface area contributed by atoms with Crippen molar-refractivity contribution in [1.82, 2.24) is 4.98 Å². The number of hydrogen-bond donors (Lipinski definition) is 0. The standard InChI is InChI=1S/C11H12N2O3/c12-5-9-1-2-13-6-11(9)16-8-10-7-14-3-4-15-10/h1-2,6,10H,3-4,7-8H2. The van der Waals surface area contributed by atoms with E-state index in [4.69, 9.17) is 19.5 Å². The predicted octanol–water partition coefficient (Wildman–Crippen LogP) is 0.747. The molecule has 1 aliphatic rings. The maximum Gasteiger partial charge on any atom is 0.155 e. The van der Waals surface area contributed by atoms with Gasteiger partial charge in [-0.05, 0) is 6.07 Å². The molecule has 2 rings (SSSR count). The van der Waals surface area contributed by atoms with Gasteiger partial charge in [0.05, 0.1) is 31.6 Å². The van der Waals surface area contributed by atoms with Crippen LogP contribution in [0.4, 0.5) is 0 Å².